The standard InChI is InChI=1S/C18H25N3O3S/c1-4-25(22,23)21-11-5-6-16(12-21)18-19-17(20-24-18)15-9-7-14(8-10-15)13(2)3/h7-10,13,16H,4-6,11-12H2,1-3H3. The topological polar surface area (TPSA) is 76.3 Å². The predicted molar refractivity (Wildman–Crippen MR) is 96.8 cm³/mol. The van der Waals surface area contributed by atoms with Crippen molar-refractivity contribution in [3.8, 4) is 11.4 Å². The van der Waals surface area contributed by atoms with Crippen molar-refractivity contribution in [3.63, 3.8) is 0 Å². The minimum absolute atomic E-state index is 0.0359. The van der Waals surface area contributed by atoms with Gasteiger partial charge in [-0.25, -0.2) is 12.7 Å². The Kier molecular flexibility index (Phi) is 5.24. The minimum atomic E-state index is -3.18. The molecule has 0 aliphatic carbocycles. The molecule has 0 radical (unpaired) electrons. The second-order valence-corrected chi connectivity index (χ2v) is 9.09. The molecule has 1 atom stereocenters. The summed E-state index contributed by atoms with van der Waals surface area (Å²) in [7, 11) is -3.18. The van der Waals surface area contributed by atoms with Crippen molar-refractivity contribution >= 4 is 10.0 Å². The van der Waals surface area contributed by atoms with Crippen molar-refractivity contribution in [3.05, 3.63) is 35.7 Å². The van der Waals surface area contributed by atoms with Crippen LogP contribution in [-0.4, -0.2) is 41.7 Å². The van der Waals surface area contributed by atoms with Crippen molar-refractivity contribution < 1.29 is 12.9 Å². The molecule has 2 aromatic rings. The molecule has 1 fully saturated rings. The number of sulfonamides is 1. The quantitative estimate of drug-likeness (QED) is 0.814. The maximum atomic E-state index is 12.1. The maximum Gasteiger partial charge on any atom is 0.231 e. The maximum absolute atomic E-state index is 12.1. The summed E-state index contributed by atoms with van der Waals surface area (Å²) in [6.07, 6.45) is 1.67. The second kappa shape index (κ2) is 7.25. The Bertz CT molecular complexity index is 812. The predicted octanol–water partition coefficient (Wildman–Crippen LogP) is 3.39. The highest BCUT2D eigenvalue weighted by Gasteiger charge is 2.31. The van der Waals surface area contributed by atoms with Gasteiger partial charge in [-0.05, 0) is 31.2 Å². The van der Waals surface area contributed by atoms with Crippen molar-refractivity contribution in [1.29, 1.82) is 0 Å². The molecule has 0 spiro atoms. The fraction of sp³-hybridized carbons (Fsp3) is 0.556. The van der Waals surface area contributed by atoms with E-state index < -0.39 is 10.0 Å². The van der Waals surface area contributed by atoms with Crippen molar-refractivity contribution in [2.45, 2.75) is 45.4 Å². The summed E-state index contributed by atoms with van der Waals surface area (Å²) in [5.41, 5.74) is 2.17. The van der Waals surface area contributed by atoms with Crippen molar-refractivity contribution in [2.75, 3.05) is 18.8 Å². The lowest BCUT2D eigenvalue weighted by atomic mass is 9.99. The molecule has 1 aliphatic rings. The van der Waals surface area contributed by atoms with Crippen LogP contribution in [0.3, 0.4) is 0 Å². The molecule has 6 nitrogen and oxygen atoms in total. The van der Waals surface area contributed by atoms with Crippen LogP contribution in [0.5, 0.6) is 0 Å². The normalized spacial score (nSPS) is 19.4. The first kappa shape index (κ1) is 18.1. The number of benzene rings is 1. The third kappa shape index (κ3) is 3.93. The van der Waals surface area contributed by atoms with Gasteiger partial charge in [0.25, 0.3) is 0 Å². The van der Waals surface area contributed by atoms with Crippen LogP contribution in [0.15, 0.2) is 28.8 Å². The molecule has 1 saturated heterocycles. The summed E-state index contributed by atoms with van der Waals surface area (Å²) in [5.74, 6) is 1.64. The Balaban J connectivity index is 1.77. The monoisotopic (exact) mass is 363 g/mol. The van der Waals surface area contributed by atoms with E-state index in [-0.39, 0.29) is 11.7 Å². The Labute approximate surface area is 149 Å². The first-order valence-corrected chi connectivity index (χ1v) is 10.4. The Morgan fingerprint density at radius 1 is 1.28 bits per heavy atom. The van der Waals surface area contributed by atoms with Crippen LogP contribution in [-0.2, 0) is 10.0 Å². The largest absolute Gasteiger partial charge is 0.339 e. The highest BCUT2D eigenvalue weighted by Crippen LogP contribution is 2.29. The van der Waals surface area contributed by atoms with E-state index in [0.29, 0.717) is 30.7 Å². The molecule has 2 heterocycles. The van der Waals surface area contributed by atoms with E-state index in [9.17, 15) is 8.42 Å². The first-order valence-electron chi connectivity index (χ1n) is 8.82. The molecule has 25 heavy (non-hydrogen) atoms. The van der Waals surface area contributed by atoms with Crippen LogP contribution in [0.2, 0.25) is 0 Å². The number of hydrogen-bond acceptors (Lipinski definition) is 5. The number of nitrogens with zero attached hydrogens (tertiary/aromatic N) is 3. The summed E-state index contributed by atoms with van der Waals surface area (Å²) >= 11 is 0. The zero-order valence-electron chi connectivity index (χ0n) is 15.0. The molecule has 0 N–H and O–H groups in total. The summed E-state index contributed by atoms with van der Waals surface area (Å²) in [6.45, 7) is 6.97. The van der Waals surface area contributed by atoms with Crippen LogP contribution in [0.25, 0.3) is 11.4 Å². The third-order valence-corrected chi connectivity index (χ3v) is 6.62. The van der Waals surface area contributed by atoms with Gasteiger partial charge in [-0.1, -0.05) is 43.3 Å². The average molecular weight is 363 g/mol. The SMILES string of the molecule is CCS(=O)(=O)N1CCCC(c2nc(-c3ccc(C(C)C)cc3)no2)C1. The van der Waals surface area contributed by atoms with Gasteiger partial charge >= 0.3 is 0 Å². The van der Waals surface area contributed by atoms with E-state index in [4.69, 9.17) is 4.52 Å². The summed E-state index contributed by atoms with van der Waals surface area (Å²) < 4.78 is 31.2. The van der Waals surface area contributed by atoms with Crippen LogP contribution >= 0.6 is 0 Å². The molecular weight excluding hydrogens is 338 g/mol. The van der Waals surface area contributed by atoms with Gasteiger partial charge in [0, 0.05) is 18.7 Å². The van der Waals surface area contributed by atoms with Crippen molar-refractivity contribution in [2.24, 2.45) is 0 Å². The molecule has 0 saturated carbocycles. The van der Waals surface area contributed by atoms with Gasteiger partial charge < -0.3 is 4.52 Å². The first-order chi connectivity index (χ1) is 11.9. The van der Waals surface area contributed by atoms with Gasteiger partial charge in [-0.15, -0.1) is 0 Å². The lowest BCUT2D eigenvalue weighted by molar-refractivity contribution is 0.266. The second-order valence-electron chi connectivity index (χ2n) is 6.83. The van der Waals surface area contributed by atoms with E-state index in [1.54, 1.807) is 11.2 Å². The van der Waals surface area contributed by atoms with Gasteiger partial charge in [0.1, 0.15) is 0 Å². The molecule has 0 bridgehead atoms. The lowest BCUT2D eigenvalue weighted by Crippen LogP contribution is -2.39. The van der Waals surface area contributed by atoms with E-state index >= 15 is 0 Å². The smallest absolute Gasteiger partial charge is 0.231 e. The Hall–Kier alpha value is -1.73. The molecule has 1 aromatic carbocycles. The minimum Gasteiger partial charge on any atom is -0.339 e. The van der Waals surface area contributed by atoms with Crippen LogP contribution in [0.1, 0.15) is 56.9 Å². The van der Waals surface area contributed by atoms with Gasteiger partial charge in [0.2, 0.25) is 21.7 Å². The van der Waals surface area contributed by atoms with Gasteiger partial charge in [0.05, 0.1) is 11.7 Å². The molecule has 1 unspecified atom stereocenters. The number of rotatable bonds is 5. The molecule has 1 aromatic heterocycles. The lowest BCUT2D eigenvalue weighted by Gasteiger charge is -2.29. The number of piperidine rings is 1. The molecular formula is C18H25N3O3S. The Morgan fingerprint density at radius 3 is 2.64 bits per heavy atom. The van der Waals surface area contributed by atoms with E-state index in [2.05, 4.69) is 36.1 Å². The van der Waals surface area contributed by atoms with Crippen LogP contribution in [0.4, 0.5) is 0 Å². The molecule has 0 amide bonds. The fourth-order valence-electron chi connectivity index (χ4n) is 3.11. The molecule has 3 rings (SSSR count). The fourth-order valence-corrected chi connectivity index (χ4v) is 4.29. The van der Waals surface area contributed by atoms with E-state index in [0.717, 1.165) is 18.4 Å². The van der Waals surface area contributed by atoms with Crippen LogP contribution in [0, 0.1) is 0 Å². The van der Waals surface area contributed by atoms with Gasteiger partial charge in [-0.2, -0.15) is 4.98 Å². The third-order valence-electron chi connectivity index (χ3n) is 4.77. The van der Waals surface area contributed by atoms with E-state index in [1.807, 2.05) is 12.1 Å². The Morgan fingerprint density at radius 2 is 2.00 bits per heavy atom. The van der Waals surface area contributed by atoms with Crippen LogP contribution < -0.4 is 0 Å². The highest BCUT2D eigenvalue weighted by molar-refractivity contribution is 7.89. The van der Waals surface area contributed by atoms with Crippen molar-refractivity contribution in [1.82, 2.24) is 14.4 Å². The highest BCUT2D eigenvalue weighted by atomic mass is 32.2. The number of aromatic nitrogens is 2. The zero-order chi connectivity index (χ0) is 18.0. The van der Waals surface area contributed by atoms with E-state index in [1.165, 1.54) is 5.56 Å². The zero-order valence-corrected chi connectivity index (χ0v) is 15.8. The molecule has 7 heteroatoms. The molecule has 136 valence electrons. The summed E-state index contributed by atoms with van der Waals surface area (Å²) in [6, 6.07) is 8.15. The summed E-state index contributed by atoms with van der Waals surface area (Å²) in [4.78, 5) is 4.52. The molecule has 1 aliphatic heterocycles. The summed E-state index contributed by atoms with van der Waals surface area (Å²) in [5, 5.41) is 4.09. The van der Waals surface area contributed by atoms with Gasteiger partial charge in [0.15, 0.2) is 0 Å². The average Bonchev–Trinajstić information content (AvgIpc) is 3.12. The number of hydrogen-bond donors (Lipinski definition) is 0. The van der Waals surface area contributed by atoms with Gasteiger partial charge in [-0.3, -0.25) is 0 Å².